The molecule has 1 aliphatic rings. The lowest BCUT2D eigenvalue weighted by Gasteiger charge is -2.27. The molecule has 2 aromatic rings. The number of nitrogens with zero attached hydrogens (tertiary/aromatic N) is 2. The minimum Gasteiger partial charge on any atom is -0.548 e. The van der Waals surface area contributed by atoms with Crippen LogP contribution in [0.5, 0.6) is 0 Å². The van der Waals surface area contributed by atoms with Crippen LogP contribution in [0.4, 0.5) is 5.69 Å². The lowest BCUT2D eigenvalue weighted by molar-refractivity contribution is -0.384. The Morgan fingerprint density at radius 3 is 2.39 bits per heavy atom. The normalized spacial score (nSPS) is 16.4. The number of benzene rings is 2. The van der Waals surface area contributed by atoms with E-state index >= 15 is 0 Å². The predicted octanol–water partition coefficient (Wildman–Crippen LogP) is 2.16. The number of carbonyl (C=O) groups excluding carboxylic acids is 2. The van der Waals surface area contributed by atoms with Crippen molar-refractivity contribution in [2.24, 2.45) is 0 Å². The van der Waals surface area contributed by atoms with E-state index < -0.39 is 22.8 Å². The number of thiocarbonyl (C=S) groups is 1. The molecule has 0 bridgehead atoms. The Morgan fingerprint density at radius 1 is 1.18 bits per heavy atom. The molecule has 1 heterocycles. The van der Waals surface area contributed by atoms with Crippen molar-refractivity contribution in [1.82, 2.24) is 4.90 Å². The van der Waals surface area contributed by atoms with Crippen molar-refractivity contribution in [3.05, 3.63) is 80.7 Å². The van der Waals surface area contributed by atoms with E-state index in [4.69, 9.17) is 12.2 Å². The molecule has 1 amide bonds. The van der Waals surface area contributed by atoms with E-state index in [-0.39, 0.29) is 21.3 Å². The summed E-state index contributed by atoms with van der Waals surface area (Å²) in [5, 5.41) is 22.4. The fourth-order valence-corrected chi connectivity index (χ4v) is 4.07. The summed E-state index contributed by atoms with van der Waals surface area (Å²) in [5.41, 5.74) is 1.24. The van der Waals surface area contributed by atoms with Crippen molar-refractivity contribution in [3.63, 3.8) is 0 Å². The van der Waals surface area contributed by atoms with Crippen LogP contribution >= 0.6 is 24.0 Å². The van der Waals surface area contributed by atoms with E-state index in [1.54, 1.807) is 24.3 Å². The fourth-order valence-electron chi connectivity index (χ4n) is 2.71. The second-order valence-electron chi connectivity index (χ2n) is 5.92. The van der Waals surface area contributed by atoms with Crippen LogP contribution in [0.15, 0.2) is 59.5 Å². The second-order valence-corrected chi connectivity index (χ2v) is 7.60. The maximum atomic E-state index is 12.8. The number of carboxylic acids is 1. The summed E-state index contributed by atoms with van der Waals surface area (Å²) in [7, 11) is 0. The Morgan fingerprint density at radius 2 is 1.82 bits per heavy atom. The quantitative estimate of drug-likeness (QED) is 0.309. The van der Waals surface area contributed by atoms with Gasteiger partial charge in [-0.3, -0.25) is 19.8 Å². The largest absolute Gasteiger partial charge is 0.548 e. The first-order valence-electron chi connectivity index (χ1n) is 8.13. The molecule has 2 aromatic carbocycles. The number of thioether (sulfide) groups is 1. The van der Waals surface area contributed by atoms with E-state index in [0.717, 1.165) is 22.2 Å². The van der Waals surface area contributed by atoms with Crippen LogP contribution in [0.2, 0.25) is 0 Å². The molecular formula is C19H13N2O5S2-. The lowest BCUT2D eigenvalue weighted by Crippen LogP contribution is -2.51. The van der Waals surface area contributed by atoms with Crippen molar-refractivity contribution in [3.8, 4) is 0 Å². The van der Waals surface area contributed by atoms with Gasteiger partial charge in [0.05, 0.1) is 21.8 Å². The number of nitro groups is 1. The van der Waals surface area contributed by atoms with Gasteiger partial charge in [-0.05, 0) is 35.8 Å². The van der Waals surface area contributed by atoms with Gasteiger partial charge in [0, 0.05) is 12.1 Å². The van der Waals surface area contributed by atoms with Crippen LogP contribution in [0.25, 0.3) is 6.08 Å². The molecule has 0 saturated carbocycles. The summed E-state index contributed by atoms with van der Waals surface area (Å²) >= 11 is 6.21. The van der Waals surface area contributed by atoms with Crippen LogP contribution < -0.4 is 5.11 Å². The molecule has 9 heteroatoms. The smallest absolute Gasteiger partial charge is 0.269 e. The first kappa shape index (κ1) is 19.7. The van der Waals surface area contributed by atoms with Crippen molar-refractivity contribution < 1.29 is 19.6 Å². The van der Waals surface area contributed by atoms with Gasteiger partial charge in [-0.15, -0.1) is 0 Å². The highest BCUT2D eigenvalue weighted by molar-refractivity contribution is 8.26. The number of amides is 1. The van der Waals surface area contributed by atoms with Crippen molar-refractivity contribution in [1.29, 1.82) is 0 Å². The average Bonchev–Trinajstić information content (AvgIpc) is 2.94. The van der Waals surface area contributed by atoms with Gasteiger partial charge < -0.3 is 9.90 Å². The molecule has 0 spiro atoms. The predicted molar refractivity (Wildman–Crippen MR) is 107 cm³/mol. The Kier molecular flexibility index (Phi) is 5.86. The summed E-state index contributed by atoms with van der Waals surface area (Å²) in [6.07, 6.45) is 1.60. The van der Waals surface area contributed by atoms with Crippen LogP contribution in [0.1, 0.15) is 11.1 Å². The maximum absolute atomic E-state index is 12.8. The molecule has 3 rings (SSSR count). The fraction of sp³-hybridized carbons (Fsp3) is 0.105. The van der Waals surface area contributed by atoms with Crippen molar-refractivity contribution >= 4 is 51.9 Å². The molecule has 7 nitrogen and oxygen atoms in total. The number of aliphatic carboxylic acids is 1. The van der Waals surface area contributed by atoms with Gasteiger partial charge in [-0.25, -0.2) is 0 Å². The molecule has 0 N–H and O–H groups in total. The number of nitro benzene ring substituents is 1. The number of carboxylic acid groups (broad SMARTS) is 1. The minimum atomic E-state index is -1.39. The molecule has 0 aromatic heterocycles. The number of hydrogen-bond donors (Lipinski definition) is 0. The highest BCUT2D eigenvalue weighted by Crippen LogP contribution is 2.34. The standard InChI is InChI=1S/C19H14N2O5S2/c22-17-16(11-13-6-8-14(9-7-13)21(25)26)28-19(27)20(17)15(18(23)24)10-12-4-2-1-3-5-12/h1-9,11,15H,10H2,(H,23,24)/p-1/b16-11+/t15-/m1/s1. The van der Waals surface area contributed by atoms with Gasteiger partial charge in [0.1, 0.15) is 4.32 Å². The van der Waals surface area contributed by atoms with Gasteiger partial charge in [0.2, 0.25) is 0 Å². The van der Waals surface area contributed by atoms with Gasteiger partial charge >= 0.3 is 0 Å². The van der Waals surface area contributed by atoms with E-state index in [9.17, 15) is 24.8 Å². The van der Waals surface area contributed by atoms with E-state index in [2.05, 4.69) is 0 Å². The Bertz CT molecular complexity index is 974. The van der Waals surface area contributed by atoms with E-state index in [1.807, 2.05) is 6.07 Å². The molecule has 1 saturated heterocycles. The minimum absolute atomic E-state index is 0.0652. The van der Waals surface area contributed by atoms with Crippen LogP contribution in [0, 0.1) is 10.1 Å². The zero-order valence-corrected chi connectivity index (χ0v) is 15.9. The first-order valence-corrected chi connectivity index (χ1v) is 9.35. The monoisotopic (exact) mass is 413 g/mol. The summed E-state index contributed by atoms with van der Waals surface area (Å²) in [6, 6.07) is 13.3. The molecule has 0 unspecified atom stereocenters. The van der Waals surface area contributed by atoms with Crippen LogP contribution in [-0.4, -0.2) is 32.1 Å². The Hall–Kier alpha value is -3.04. The average molecular weight is 413 g/mol. The van der Waals surface area contributed by atoms with Gasteiger partial charge in [-0.1, -0.05) is 54.3 Å². The highest BCUT2D eigenvalue weighted by atomic mass is 32.2. The maximum Gasteiger partial charge on any atom is 0.269 e. The van der Waals surface area contributed by atoms with Gasteiger partial charge in [0.15, 0.2) is 0 Å². The third-order valence-electron chi connectivity index (χ3n) is 4.08. The SMILES string of the molecule is O=C([O-])[C@@H](Cc1ccccc1)N1C(=O)/C(=C\c2ccc([N+](=O)[O-])cc2)SC1=S. The lowest BCUT2D eigenvalue weighted by atomic mass is 10.0. The van der Waals surface area contributed by atoms with Crippen LogP contribution in [0.3, 0.4) is 0 Å². The Balaban J connectivity index is 1.85. The number of rotatable bonds is 6. The second kappa shape index (κ2) is 8.32. The molecule has 1 fully saturated rings. The molecular weight excluding hydrogens is 400 g/mol. The summed E-state index contributed by atoms with van der Waals surface area (Å²) in [4.78, 5) is 36.0. The first-order chi connectivity index (χ1) is 13.4. The van der Waals surface area contributed by atoms with E-state index in [0.29, 0.717) is 5.56 Å². The highest BCUT2D eigenvalue weighted by Gasteiger charge is 2.37. The van der Waals surface area contributed by atoms with E-state index in [1.165, 1.54) is 30.3 Å². The van der Waals surface area contributed by atoms with Crippen molar-refractivity contribution in [2.75, 3.05) is 0 Å². The number of non-ortho nitro benzene ring substituents is 1. The molecule has 1 aliphatic heterocycles. The van der Waals surface area contributed by atoms with Gasteiger partial charge in [0.25, 0.3) is 11.6 Å². The molecule has 142 valence electrons. The van der Waals surface area contributed by atoms with Crippen LogP contribution in [-0.2, 0) is 16.0 Å². The third-order valence-corrected chi connectivity index (χ3v) is 5.41. The summed E-state index contributed by atoms with van der Waals surface area (Å²) in [5.74, 6) is -1.92. The zero-order chi connectivity index (χ0) is 20.3. The molecule has 0 aliphatic carbocycles. The number of carbonyl (C=O) groups is 2. The molecule has 1 atom stereocenters. The topological polar surface area (TPSA) is 104 Å². The van der Waals surface area contributed by atoms with Crippen molar-refractivity contribution in [2.45, 2.75) is 12.5 Å². The van der Waals surface area contributed by atoms with Gasteiger partial charge in [-0.2, -0.15) is 0 Å². The Labute approximate surface area is 169 Å². The molecule has 0 radical (unpaired) electrons. The number of hydrogen-bond acceptors (Lipinski definition) is 7. The summed E-state index contributed by atoms with van der Waals surface area (Å²) < 4.78 is 0.128. The third kappa shape index (κ3) is 4.26. The summed E-state index contributed by atoms with van der Waals surface area (Å²) in [6.45, 7) is 0. The molecule has 28 heavy (non-hydrogen) atoms. The zero-order valence-electron chi connectivity index (χ0n) is 14.3.